The van der Waals surface area contributed by atoms with Crippen LogP contribution in [0.4, 0.5) is 0 Å². The average Bonchev–Trinajstić information content (AvgIpc) is 2.43. The molecule has 0 saturated carbocycles. The van der Waals surface area contributed by atoms with Crippen molar-refractivity contribution >= 4 is 15.9 Å². The fourth-order valence-corrected chi connectivity index (χ4v) is 2.18. The van der Waals surface area contributed by atoms with Crippen molar-refractivity contribution in [2.75, 3.05) is 26.2 Å². The first-order chi connectivity index (χ1) is 9.02. The molecule has 0 bridgehead atoms. The van der Waals surface area contributed by atoms with Crippen LogP contribution in [0.25, 0.3) is 0 Å². The van der Waals surface area contributed by atoms with Crippen molar-refractivity contribution in [3.63, 3.8) is 0 Å². The molecule has 0 aromatic heterocycles. The third-order valence-corrected chi connectivity index (χ3v) is 3.77. The maximum absolute atomic E-state index is 5.93. The lowest BCUT2D eigenvalue weighted by Crippen LogP contribution is -2.25. The zero-order chi connectivity index (χ0) is 14.3. The summed E-state index contributed by atoms with van der Waals surface area (Å²) in [4.78, 5) is 0. The molecule has 1 rings (SSSR count). The fourth-order valence-electron chi connectivity index (χ4n) is 1.62. The maximum Gasteiger partial charge on any atom is 0.119 e. The third-order valence-electron chi connectivity index (χ3n) is 3.18. The Kier molecular flexibility index (Phi) is 6.83. The molecule has 0 aliphatic heterocycles. The molecule has 0 radical (unpaired) electrons. The van der Waals surface area contributed by atoms with Gasteiger partial charge < -0.3 is 14.2 Å². The standard InChI is InChI=1S/C15H23BrO3/c1-15(2,18-4)8-9-19-14(11-16)12-6-5-7-13(10-12)17-3/h5-7,10,14H,8-9,11H2,1-4H3. The fraction of sp³-hybridized carbons (Fsp3) is 0.600. The van der Waals surface area contributed by atoms with Crippen molar-refractivity contribution in [1.29, 1.82) is 0 Å². The van der Waals surface area contributed by atoms with E-state index in [2.05, 4.69) is 35.8 Å². The molecular formula is C15H23BrO3. The maximum atomic E-state index is 5.93. The second-order valence-corrected chi connectivity index (χ2v) is 5.65. The van der Waals surface area contributed by atoms with Gasteiger partial charge in [-0.1, -0.05) is 28.1 Å². The minimum Gasteiger partial charge on any atom is -0.497 e. The highest BCUT2D eigenvalue weighted by atomic mass is 79.9. The number of methoxy groups -OCH3 is 2. The van der Waals surface area contributed by atoms with E-state index in [0.717, 1.165) is 23.1 Å². The monoisotopic (exact) mass is 330 g/mol. The number of benzene rings is 1. The van der Waals surface area contributed by atoms with Gasteiger partial charge in [0.2, 0.25) is 0 Å². The smallest absolute Gasteiger partial charge is 0.119 e. The minimum atomic E-state index is -0.148. The predicted octanol–water partition coefficient (Wildman–Crippen LogP) is 3.96. The Morgan fingerprint density at radius 3 is 2.58 bits per heavy atom. The lowest BCUT2D eigenvalue weighted by atomic mass is 10.1. The molecule has 3 nitrogen and oxygen atoms in total. The van der Waals surface area contributed by atoms with E-state index >= 15 is 0 Å². The number of hydrogen-bond acceptors (Lipinski definition) is 3. The minimum absolute atomic E-state index is 0.0303. The molecule has 0 aliphatic rings. The highest BCUT2D eigenvalue weighted by Crippen LogP contribution is 2.25. The Morgan fingerprint density at radius 2 is 2.00 bits per heavy atom. The molecular weight excluding hydrogens is 308 g/mol. The van der Waals surface area contributed by atoms with Crippen LogP contribution in [0.2, 0.25) is 0 Å². The molecule has 1 unspecified atom stereocenters. The summed E-state index contributed by atoms with van der Waals surface area (Å²) in [5, 5.41) is 0.758. The van der Waals surface area contributed by atoms with Gasteiger partial charge in [0.05, 0.1) is 25.4 Å². The van der Waals surface area contributed by atoms with Gasteiger partial charge in [0.25, 0.3) is 0 Å². The first kappa shape index (κ1) is 16.5. The lowest BCUT2D eigenvalue weighted by Gasteiger charge is -2.24. The second-order valence-electron chi connectivity index (χ2n) is 5.00. The topological polar surface area (TPSA) is 27.7 Å². The lowest BCUT2D eigenvalue weighted by molar-refractivity contribution is -0.0228. The van der Waals surface area contributed by atoms with Crippen LogP contribution in [0, 0.1) is 0 Å². The van der Waals surface area contributed by atoms with Gasteiger partial charge in [-0.05, 0) is 38.0 Å². The van der Waals surface area contributed by atoms with E-state index in [4.69, 9.17) is 14.2 Å². The van der Waals surface area contributed by atoms with Crippen LogP contribution in [0.15, 0.2) is 24.3 Å². The quantitative estimate of drug-likeness (QED) is 0.675. The SMILES string of the molecule is COc1cccc(C(CBr)OCCC(C)(C)OC)c1. The zero-order valence-electron chi connectivity index (χ0n) is 12.1. The van der Waals surface area contributed by atoms with Crippen molar-refractivity contribution in [2.45, 2.75) is 32.0 Å². The van der Waals surface area contributed by atoms with Crippen LogP contribution in [0.1, 0.15) is 31.9 Å². The van der Waals surface area contributed by atoms with E-state index in [1.54, 1.807) is 14.2 Å². The molecule has 1 atom stereocenters. The van der Waals surface area contributed by atoms with E-state index < -0.39 is 0 Å². The molecule has 1 aromatic rings. The zero-order valence-corrected chi connectivity index (χ0v) is 13.7. The van der Waals surface area contributed by atoms with E-state index in [-0.39, 0.29) is 11.7 Å². The number of ether oxygens (including phenoxy) is 3. The Bertz CT molecular complexity index is 379. The van der Waals surface area contributed by atoms with E-state index in [1.807, 2.05) is 18.2 Å². The summed E-state index contributed by atoms with van der Waals surface area (Å²) in [6, 6.07) is 7.97. The average molecular weight is 331 g/mol. The molecule has 0 heterocycles. The highest BCUT2D eigenvalue weighted by Gasteiger charge is 2.18. The number of rotatable bonds is 8. The summed E-state index contributed by atoms with van der Waals surface area (Å²) in [6.07, 6.45) is 0.888. The van der Waals surface area contributed by atoms with Crippen LogP contribution in [0.3, 0.4) is 0 Å². The molecule has 0 N–H and O–H groups in total. The van der Waals surface area contributed by atoms with Gasteiger partial charge in [-0.3, -0.25) is 0 Å². The molecule has 0 saturated heterocycles. The van der Waals surface area contributed by atoms with Gasteiger partial charge >= 0.3 is 0 Å². The van der Waals surface area contributed by atoms with E-state index in [0.29, 0.717) is 6.61 Å². The van der Waals surface area contributed by atoms with Crippen LogP contribution < -0.4 is 4.74 Å². The van der Waals surface area contributed by atoms with Gasteiger partial charge in [-0.2, -0.15) is 0 Å². The van der Waals surface area contributed by atoms with Gasteiger partial charge in [0.15, 0.2) is 0 Å². The normalized spacial score (nSPS) is 13.3. The Hall–Kier alpha value is -0.580. The molecule has 0 spiro atoms. The highest BCUT2D eigenvalue weighted by molar-refractivity contribution is 9.09. The summed E-state index contributed by atoms with van der Waals surface area (Å²) in [5.74, 6) is 0.851. The molecule has 0 aliphatic carbocycles. The number of alkyl halides is 1. The van der Waals surface area contributed by atoms with Crippen molar-refractivity contribution in [1.82, 2.24) is 0 Å². The Morgan fingerprint density at radius 1 is 1.26 bits per heavy atom. The van der Waals surface area contributed by atoms with Gasteiger partial charge in [-0.25, -0.2) is 0 Å². The summed E-state index contributed by atoms with van der Waals surface area (Å²) in [7, 11) is 3.40. The molecule has 0 amide bonds. The van der Waals surface area contributed by atoms with Crippen LogP contribution >= 0.6 is 15.9 Å². The molecule has 19 heavy (non-hydrogen) atoms. The molecule has 0 fully saturated rings. The molecule has 4 heteroatoms. The third kappa shape index (κ3) is 5.51. The van der Waals surface area contributed by atoms with Crippen LogP contribution in [-0.4, -0.2) is 31.8 Å². The van der Waals surface area contributed by atoms with Gasteiger partial charge in [0.1, 0.15) is 5.75 Å². The summed E-state index contributed by atoms with van der Waals surface area (Å²) >= 11 is 3.50. The van der Waals surface area contributed by atoms with Crippen molar-refractivity contribution in [3.8, 4) is 5.75 Å². The van der Waals surface area contributed by atoms with Crippen LogP contribution in [-0.2, 0) is 9.47 Å². The number of hydrogen-bond donors (Lipinski definition) is 0. The predicted molar refractivity (Wildman–Crippen MR) is 81.2 cm³/mol. The van der Waals surface area contributed by atoms with E-state index in [1.165, 1.54) is 0 Å². The van der Waals surface area contributed by atoms with Crippen molar-refractivity contribution < 1.29 is 14.2 Å². The first-order valence-corrected chi connectivity index (χ1v) is 7.51. The summed E-state index contributed by atoms with van der Waals surface area (Å²) in [5.41, 5.74) is 0.970. The molecule has 1 aromatic carbocycles. The number of halogens is 1. The summed E-state index contributed by atoms with van der Waals surface area (Å²) < 4.78 is 16.6. The second kappa shape index (κ2) is 7.88. The van der Waals surface area contributed by atoms with Gasteiger partial charge in [-0.15, -0.1) is 0 Å². The van der Waals surface area contributed by atoms with E-state index in [9.17, 15) is 0 Å². The van der Waals surface area contributed by atoms with Crippen molar-refractivity contribution in [3.05, 3.63) is 29.8 Å². The van der Waals surface area contributed by atoms with Crippen LogP contribution in [0.5, 0.6) is 5.75 Å². The Labute approximate surface area is 124 Å². The summed E-state index contributed by atoms with van der Waals surface area (Å²) in [6.45, 7) is 4.78. The molecule has 108 valence electrons. The largest absolute Gasteiger partial charge is 0.497 e. The Balaban J connectivity index is 2.58. The first-order valence-electron chi connectivity index (χ1n) is 6.39. The van der Waals surface area contributed by atoms with Crippen molar-refractivity contribution in [2.24, 2.45) is 0 Å². The van der Waals surface area contributed by atoms with Gasteiger partial charge in [0, 0.05) is 12.4 Å².